The number of benzene rings is 2. The van der Waals surface area contributed by atoms with Gasteiger partial charge in [-0.25, -0.2) is 4.79 Å². The van der Waals surface area contributed by atoms with Crippen LogP contribution in [0, 0.1) is 0 Å². The molecule has 0 saturated heterocycles. The van der Waals surface area contributed by atoms with Crippen molar-refractivity contribution in [3.63, 3.8) is 0 Å². The summed E-state index contributed by atoms with van der Waals surface area (Å²) in [4.78, 5) is 24.0. The van der Waals surface area contributed by atoms with Crippen molar-refractivity contribution in [2.75, 3.05) is 12.4 Å². The summed E-state index contributed by atoms with van der Waals surface area (Å²) >= 11 is 0. The van der Waals surface area contributed by atoms with E-state index in [1.807, 2.05) is 18.2 Å². The van der Waals surface area contributed by atoms with Crippen LogP contribution < -0.4 is 15.8 Å². The van der Waals surface area contributed by atoms with Crippen molar-refractivity contribution in [3.05, 3.63) is 71.3 Å². The van der Waals surface area contributed by atoms with E-state index in [2.05, 4.69) is 5.32 Å². The Balaban J connectivity index is 1.74. The number of nitrogens with zero attached hydrogens (tertiary/aromatic N) is 1. The van der Waals surface area contributed by atoms with E-state index in [-0.39, 0.29) is 12.5 Å². The maximum absolute atomic E-state index is 12.0. The second kappa shape index (κ2) is 6.87. The fraction of sp³-hybridized carbons (Fsp3) is 0.111. The fourth-order valence-corrected chi connectivity index (χ4v) is 2.25. The summed E-state index contributed by atoms with van der Waals surface area (Å²) in [5, 5.41) is 2.72. The Hall–Kier alpha value is -3.28. The van der Waals surface area contributed by atoms with Crippen LogP contribution in [0.15, 0.2) is 70.0 Å². The zero-order valence-electron chi connectivity index (χ0n) is 13.1. The van der Waals surface area contributed by atoms with E-state index in [4.69, 9.17) is 9.15 Å². The molecule has 0 unspecified atom stereocenters. The van der Waals surface area contributed by atoms with E-state index in [1.54, 1.807) is 43.5 Å². The largest absolute Gasteiger partial charge is 0.497 e. The number of anilines is 1. The molecule has 122 valence electrons. The van der Waals surface area contributed by atoms with Gasteiger partial charge in [0.15, 0.2) is 5.76 Å². The molecular formula is C18H16N2O4. The summed E-state index contributed by atoms with van der Waals surface area (Å²) in [7, 11) is 1.58. The first kappa shape index (κ1) is 15.6. The predicted molar refractivity (Wildman–Crippen MR) is 90.0 cm³/mol. The molecule has 1 amide bonds. The van der Waals surface area contributed by atoms with Crippen molar-refractivity contribution in [3.8, 4) is 17.1 Å². The summed E-state index contributed by atoms with van der Waals surface area (Å²) in [5.41, 5.74) is 1.41. The zero-order valence-corrected chi connectivity index (χ0v) is 13.1. The van der Waals surface area contributed by atoms with Crippen molar-refractivity contribution in [1.82, 2.24) is 4.57 Å². The molecule has 1 N–H and O–H groups in total. The van der Waals surface area contributed by atoms with E-state index in [0.717, 1.165) is 5.56 Å². The Bertz CT molecular complexity index is 879. The van der Waals surface area contributed by atoms with Gasteiger partial charge < -0.3 is 14.5 Å². The quantitative estimate of drug-likeness (QED) is 0.783. The number of hydrogen-bond donors (Lipinski definition) is 1. The van der Waals surface area contributed by atoms with Crippen LogP contribution in [0.25, 0.3) is 11.3 Å². The minimum Gasteiger partial charge on any atom is -0.497 e. The van der Waals surface area contributed by atoms with Crippen LogP contribution in [0.1, 0.15) is 0 Å². The van der Waals surface area contributed by atoms with E-state index in [0.29, 0.717) is 17.2 Å². The van der Waals surface area contributed by atoms with E-state index in [9.17, 15) is 9.59 Å². The molecule has 0 aliphatic heterocycles. The van der Waals surface area contributed by atoms with Gasteiger partial charge in [-0.05, 0) is 36.4 Å². The van der Waals surface area contributed by atoms with Crippen LogP contribution in [0.5, 0.6) is 5.75 Å². The first-order chi connectivity index (χ1) is 11.7. The lowest BCUT2D eigenvalue weighted by atomic mass is 10.2. The summed E-state index contributed by atoms with van der Waals surface area (Å²) < 4.78 is 11.5. The van der Waals surface area contributed by atoms with Crippen LogP contribution in [0.2, 0.25) is 0 Å². The summed E-state index contributed by atoms with van der Waals surface area (Å²) in [6, 6.07) is 16.2. The lowest BCUT2D eigenvalue weighted by Gasteiger charge is -2.04. The molecule has 6 nitrogen and oxygen atoms in total. The molecule has 24 heavy (non-hydrogen) atoms. The standard InChI is InChI=1S/C18H16N2O4/c1-23-15-9-7-13(8-10-15)16-11-20(18(22)24-16)12-17(21)19-14-5-3-2-4-6-14/h2-11H,12H2,1H3,(H,19,21). The third-order valence-electron chi connectivity index (χ3n) is 3.45. The molecule has 0 bridgehead atoms. The molecule has 1 aromatic heterocycles. The number of carbonyl (C=O) groups excluding carboxylic acids is 1. The molecule has 0 aliphatic carbocycles. The summed E-state index contributed by atoms with van der Waals surface area (Å²) in [5.74, 6) is 0.229. The predicted octanol–water partition coefficient (Wildman–Crippen LogP) is 2.76. The smallest absolute Gasteiger partial charge is 0.419 e. The average Bonchev–Trinajstić information content (AvgIpc) is 2.96. The summed E-state index contributed by atoms with van der Waals surface area (Å²) in [6.45, 7) is -0.118. The molecule has 0 atom stereocenters. The number of methoxy groups -OCH3 is 1. The molecule has 0 saturated carbocycles. The van der Waals surface area contributed by atoms with Gasteiger partial charge >= 0.3 is 5.76 Å². The molecule has 0 radical (unpaired) electrons. The number of amides is 1. The van der Waals surface area contributed by atoms with Crippen molar-refractivity contribution in [2.45, 2.75) is 6.54 Å². The Morgan fingerprint density at radius 3 is 2.50 bits per heavy atom. The maximum atomic E-state index is 12.0. The van der Waals surface area contributed by atoms with E-state index < -0.39 is 5.76 Å². The second-order valence-corrected chi connectivity index (χ2v) is 5.13. The first-order valence-corrected chi connectivity index (χ1v) is 7.35. The van der Waals surface area contributed by atoms with Crippen LogP contribution in [-0.2, 0) is 11.3 Å². The molecule has 2 aromatic carbocycles. The Morgan fingerprint density at radius 2 is 1.83 bits per heavy atom. The number of oxazole rings is 1. The lowest BCUT2D eigenvalue weighted by molar-refractivity contribution is -0.116. The van der Waals surface area contributed by atoms with Crippen LogP contribution >= 0.6 is 0 Å². The highest BCUT2D eigenvalue weighted by Gasteiger charge is 2.11. The maximum Gasteiger partial charge on any atom is 0.419 e. The van der Waals surface area contributed by atoms with Gasteiger partial charge in [0.1, 0.15) is 12.3 Å². The molecule has 3 aromatic rings. The molecule has 6 heteroatoms. The monoisotopic (exact) mass is 324 g/mol. The van der Waals surface area contributed by atoms with E-state index in [1.165, 1.54) is 10.8 Å². The fourth-order valence-electron chi connectivity index (χ4n) is 2.25. The van der Waals surface area contributed by atoms with Crippen molar-refractivity contribution < 1.29 is 13.9 Å². The number of hydrogen-bond acceptors (Lipinski definition) is 4. The number of ether oxygens (including phenoxy) is 1. The summed E-state index contributed by atoms with van der Waals surface area (Å²) in [6.07, 6.45) is 1.52. The van der Waals surface area contributed by atoms with Gasteiger partial charge in [0.05, 0.1) is 13.3 Å². The van der Waals surface area contributed by atoms with Gasteiger partial charge in [-0.15, -0.1) is 0 Å². The molecule has 1 heterocycles. The third-order valence-corrected chi connectivity index (χ3v) is 3.45. The van der Waals surface area contributed by atoms with Gasteiger partial charge in [0.25, 0.3) is 0 Å². The van der Waals surface area contributed by atoms with Crippen molar-refractivity contribution in [1.29, 1.82) is 0 Å². The average molecular weight is 324 g/mol. The number of rotatable bonds is 5. The number of carbonyl (C=O) groups is 1. The Morgan fingerprint density at radius 1 is 1.12 bits per heavy atom. The normalized spacial score (nSPS) is 10.4. The number of nitrogens with one attached hydrogen (secondary N) is 1. The topological polar surface area (TPSA) is 73.5 Å². The molecule has 0 fully saturated rings. The number of para-hydroxylation sites is 1. The van der Waals surface area contributed by atoms with Crippen LogP contribution in [0.3, 0.4) is 0 Å². The van der Waals surface area contributed by atoms with Gasteiger partial charge in [0, 0.05) is 11.3 Å². The van der Waals surface area contributed by atoms with Crippen LogP contribution in [-0.4, -0.2) is 17.6 Å². The zero-order chi connectivity index (χ0) is 16.9. The lowest BCUT2D eigenvalue weighted by Crippen LogP contribution is -2.24. The second-order valence-electron chi connectivity index (χ2n) is 5.13. The van der Waals surface area contributed by atoms with Crippen molar-refractivity contribution >= 4 is 11.6 Å². The highest BCUT2D eigenvalue weighted by molar-refractivity contribution is 5.90. The van der Waals surface area contributed by atoms with Gasteiger partial charge in [0.2, 0.25) is 5.91 Å². The Kier molecular flexibility index (Phi) is 4.47. The minimum atomic E-state index is -0.580. The van der Waals surface area contributed by atoms with Gasteiger partial charge in [-0.3, -0.25) is 9.36 Å². The molecule has 0 aliphatic rings. The first-order valence-electron chi connectivity index (χ1n) is 7.35. The molecular weight excluding hydrogens is 308 g/mol. The van der Waals surface area contributed by atoms with Crippen LogP contribution in [0.4, 0.5) is 5.69 Å². The molecule has 3 rings (SSSR count). The molecule has 0 spiro atoms. The minimum absolute atomic E-state index is 0.118. The highest BCUT2D eigenvalue weighted by atomic mass is 16.5. The van der Waals surface area contributed by atoms with E-state index >= 15 is 0 Å². The van der Waals surface area contributed by atoms with Gasteiger partial charge in [-0.2, -0.15) is 0 Å². The Labute approximate surface area is 138 Å². The number of aromatic nitrogens is 1. The SMILES string of the molecule is COc1ccc(-c2cn(CC(=O)Nc3ccccc3)c(=O)o2)cc1. The van der Waals surface area contributed by atoms with Gasteiger partial charge in [-0.1, -0.05) is 18.2 Å². The highest BCUT2D eigenvalue weighted by Crippen LogP contribution is 2.21. The third kappa shape index (κ3) is 3.55. The van der Waals surface area contributed by atoms with Crippen molar-refractivity contribution in [2.24, 2.45) is 0 Å².